The van der Waals surface area contributed by atoms with Crippen LogP contribution in [0.3, 0.4) is 0 Å². The van der Waals surface area contributed by atoms with E-state index in [1.807, 2.05) is 6.07 Å². The summed E-state index contributed by atoms with van der Waals surface area (Å²) in [6.45, 7) is 9.24. The number of hydrogen-bond acceptors (Lipinski definition) is 1. The van der Waals surface area contributed by atoms with E-state index >= 15 is 0 Å². The highest BCUT2D eigenvalue weighted by atomic mass is 28.3. The fourth-order valence-corrected chi connectivity index (χ4v) is 8.53. The van der Waals surface area contributed by atoms with Crippen molar-refractivity contribution in [2.75, 3.05) is 0 Å². The maximum atomic E-state index is 11.4. The molecule has 0 fully saturated rings. The molecule has 1 unspecified atom stereocenters. The molecular weight excluding hydrogens is 368 g/mol. The summed E-state index contributed by atoms with van der Waals surface area (Å²) < 4.78 is 0. The van der Waals surface area contributed by atoms with Crippen LogP contribution < -0.4 is 0 Å². The van der Waals surface area contributed by atoms with Crippen molar-refractivity contribution in [3.05, 3.63) is 71.4 Å². The van der Waals surface area contributed by atoms with Crippen molar-refractivity contribution < 1.29 is 5.11 Å². The number of benzene rings is 2. The van der Waals surface area contributed by atoms with Gasteiger partial charge in [0.25, 0.3) is 0 Å². The fourth-order valence-electron chi connectivity index (χ4n) is 4.48. The summed E-state index contributed by atoms with van der Waals surface area (Å²) >= 11 is 0. The molecule has 0 spiro atoms. The average Bonchev–Trinajstić information content (AvgIpc) is 2.79. The van der Waals surface area contributed by atoms with Gasteiger partial charge in [-0.15, -0.1) is 0 Å². The Balaban J connectivity index is 2.28. The molecule has 2 rings (SSSR count). The first-order valence-electron chi connectivity index (χ1n) is 11.7. The third kappa shape index (κ3) is 6.17. The van der Waals surface area contributed by atoms with Gasteiger partial charge in [0.2, 0.25) is 0 Å². The van der Waals surface area contributed by atoms with Crippen molar-refractivity contribution >= 4 is 8.07 Å². The van der Waals surface area contributed by atoms with Gasteiger partial charge in [-0.1, -0.05) is 131 Å². The molecule has 0 bridgehead atoms. The molecule has 2 heteroatoms. The maximum Gasteiger partial charge on any atom is 0.0966 e. The topological polar surface area (TPSA) is 20.2 Å². The number of rotatable bonds is 12. The molecule has 1 nitrogen and oxygen atoms in total. The first kappa shape index (κ1) is 23.6. The summed E-state index contributed by atoms with van der Waals surface area (Å²) in [6, 6.07) is 22.6. The SMILES string of the molecule is CCCCCC/C=C(\C(O)c1ccc(-c2ccccc2)cc1)[Si](CC)(CC)CC. The third-order valence-corrected chi connectivity index (χ3v) is 12.5. The van der Waals surface area contributed by atoms with E-state index < -0.39 is 14.2 Å². The summed E-state index contributed by atoms with van der Waals surface area (Å²) in [5, 5.41) is 12.8. The highest BCUT2D eigenvalue weighted by Crippen LogP contribution is 2.37. The third-order valence-electron chi connectivity index (χ3n) is 6.69. The second kappa shape index (κ2) is 12.1. The number of hydrogen-bond donors (Lipinski definition) is 1. The van der Waals surface area contributed by atoms with Crippen molar-refractivity contribution in [1.82, 2.24) is 0 Å². The molecule has 2 aromatic carbocycles. The minimum atomic E-state index is -1.63. The predicted molar refractivity (Wildman–Crippen MR) is 131 cm³/mol. The lowest BCUT2D eigenvalue weighted by Gasteiger charge is -2.34. The van der Waals surface area contributed by atoms with Crippen molar-refractivity contribution in [3.8, 4) is 11.1 Å². The van der Waals surface area contributed by atoms with Gasteiger partial charge in [0.1, 0.15) is 0 Å². The zero-order chi connectivity index (χ0) is 21.1. The second-order valence-electron chi connectivity index (χ2n) is 8.24. The smallest absolute Gasteiger partial charge is 0.0966 e. The molecule has 0 aliphatic carbocycles. The zero-order valence-electron chi connectivity index (χ0n) is 19.0. The Bertz CT molecular complexity index is 721. The van der Waals surface area contributed by atoms with Gasteiger partial charge < -0.3 is 5.11 Å². The molecule has 0 aromatic heterocycles. The van der Waals surface area contributed by atoms with Crippen LogP contribution in [0.4, 0.5) is 0 Å². The van der Waals surface area contributed by atoms with Gasteiger partial charge in [0.05, 0.1) is 14.2 Å². The van der Waals surface area contributed by atoms with Crippen LogP contribution >= 0.6 is 0 Å². The summed E-state index contributed by atoms with van der Waals surface area (Å²) in [7, 11) is -1.63. The highest BCUT2D eigenvalue weighted by Gasteiger charge is 2.35. The molecule has 1 N–H and O–H groups in total. The molecule has 0 radical (unpaired) electrons. The van der Waals surface area contributed by atoms with Crippen molar-refractivity contribution in [2.45, 2.75) is 84.0 Å². The molecular formula is C27H40OSi. The number of aliphatic hydroxyl groups is 1. The van der Waals surface area contributed by atoms with Crippen LogP contribution in [0, 0.1) is 0 Å². The normalized spacial score (nSPS) is 13.5. The lowest BCUT2D eigenvalue weighted by Crippen LogP contribution is -2.37. The Morgan fingerprint density at radius 1 is 0.793 bits per heavy atom. The zero-order valence-corrected chi connectivity index (χ0v) is 20.0. The first-order valence-corrected chi connectivity index (χ1v) is 14.3. The number of unbranched alkanes of at least 4 members (excludes halogenated alkanes) is 4. The lowest BCUT2D eigenvalue weighted by molar-refractivity contribution is 0.221. The monoisotopic (exact) mass is 408 g/mol. The number of allylic oxidation sites excluding steroid dienone is 1. The van der Waals surface area contributed by atoms with E-state index in [2.05, 4.69) is 82.3 Å². The molecule has 1 atom stereocenters. The Kier molecular flexibility index (Phi) is 9.90. The Morgan fingerprint density at radius 2 is 1.38 bits per heavy atom. The molecule has 0 heterocycles. The minimum absolute atomic E-state index is 0.461. The van der Waals surface area contributed by atoms with Gasteiger partial charge in [-0.3, -0.25) is 0 Å². The van der Waals surface area contributed by atoms with Crippen LogP contribution in [0.5, 0.6) is 0 Å². The van der Waals surface area contributed by atoms with E-state index in [1.54, 1.807) is 0 Å². The van der Waals surface area contributed by atoms with Crippen molar-refractivity contribution in [3.63, 3.8) is 0 Å². The van der Waals surface area contributed by atoms with Gasteiger partial charge in [0, 0.05) is 0 Å². The van der Waals surface area contributed by atoms with Crippen LogP contribution in [0.25, 0.3) is 11.1 Å². The molecule has 0 aliphatic heterocycles. The fraction of sp³-hybridized carbons (Fsp3) is 0.481. The largest absolute Gasteiger partial charge is 0.384 e. The molecule has 2 aromatic rings. The van der Waals surface area contributed by atoms with Crippen LogP contribution in [-0.4, -0.2) is 13.2 Å². The molecule has 0 saturated heterocycles. The minimum Gasteiger partial charge on any atom is -0.384 e. The van der Waals surface area contributed by atoms with E-state index in [0.29, 0.717) is 0 Å². The first-order chi connectivity index (χ1) is 14.1. The van der Waals surface area contributed by atoms with Crippen LogP contribution in [0.2, 0.25) is 18.1 Å². The molecule has 0 saturated carbocycles. The lowest BCUT2D eigenvalue weighted by atomic mass is 10.0. The second-order valence-corrected chi connectivity index (χ2v) is 13.5. The van der Waals surface area contributed by atoms with Crippen LogP contribution in [-0.2, 0) is 0 Å². The van der Waals surface area contributed by atoms with E-state index in [0.717, 1.165) is 12.0 Å². The Morgan fingerprint density at radius 3 is 1.93 bits per heavy atom. The average molecular weight is 409 g/mol. The van der Waals surface area contributed by atoms with Crippen LogP contribution in [0.1, 0.15) is 71.5 Å². The molecule has 29 heavy (non-hydrogen) atoms. The summed E-state index contributed by atoms with van der Waals surface area (Å²) in [4.78, 5) is 0. The Hall–Kier alpha value is -1.64. The number of aliphatic hydroxyl groups excluding tert-OH is 1. The van der Waals surface area contributed by atoms with Gasteiger partial charge in [-0.2, -0.15) is 0 Å². The maximum absolute atomic E-state index is 11.4. The molecule has 0 aliphatic rings. The highest BCUT2D eigenvalue weighted by molar-refractivity contribution is 6.86. The molecule has 158 valence electrons. The summed E-state index contributed by atoms with van der Waals surface area (Å²) in [5.74, 6) is 0. The Labute approximate surface area is 179 Å². The molecule has 0 amide bonds. The summed E-state index contributed by atoms with van der Waals surface area (Å²) in [6.07, 6.45) is 8.17. The van der Waals surface area contributed by atoms with Gasteiger partial charge in [-0.05, 0) is 29.5 Å². The van der Waals surface area contributed by atoms with Gasteiger partial charge in [0.15, 0.2) is 0 Å². The van der Waals surface area contributed by atoms with Crippen LogP contribution in [0.15, 0.2) is 65.9 Å². The summed E-state index contributed by atoms with van der Waals surface area (Å²) in [5.41, 5.74) is 3.47. The van der Waals surface area contributed by atoms with E-state index in [1.165, 1.54) is 60.1 Å². The van der Waals surface area contributed by atoms with E-state index in [4.69, 9.17) is 0 Å². The van der Waals surface area contributed by atoms with E-state index in [9.17, 15) is 5.11 Å². The van der Waals surface area contributed by atoms with Crippen molar-refractivity contribution in [2.24, 2.45) is 0 Å². The predicted octanol–water partition coefficient (Wildman–Crippen LogP) is 8.33. The van der Waals surface area contributed by atoms with Gasteiger partial charge in [-0.25, -0.2) is 0 Å². The van der Waals surface area contributed by atoms with E-state index in [-0.39, 0.29) is 0 Å². The standard InChI is InChI=1S/C27H40OSi/c1-5-9-10-11-15-18-26(29(6-2,7-3)8-4)27(28)25-21-19-24(20-22-25)23-16-13-12-14-17-23/h12-14,16-22,27-28H,5-11,15H2,1-4H3/b26-18+. The van der Waals surface area contributed by atoms with Crippen molar-refractivity contribution in [1.29, 1.82) is 0 Å². The quantitative estimate of drug-likeness (QED) is 0.276. The van der Waals surface area contributed by atoms with Gasteiger partial charge >= 0.3 is 0 Å².